The number of carbonyl (C=O) groups is 4. The maximum atomic E-state index is 12.7. The van der Waals surface area contributed by atoms with Crippen LogP contribution in [0.2, 0.25) is 5.02 Å². The first kappa shape index (κ1) is 37.1. The van der Waals surface area contributed by atoms with Crippen LogP contribution in [0.4, 0.5) is 5.69 Å². The predicted molar refractivity (Wildman–Crippen MR) is 176 cm³/mol. The average Bonchev–Trinajstić information content (AvgIpc) is 3.05. The number of ether oxygens (including phenoxy) is 5. The second-order valence-electron chi connectivity index (χ2n) is 9.39. The Morgan fingerprint density at radius 1 is 0.652 bits per heavy atom. The van der Waals surface area contributed by atoms with Crippen molar-refractivity contribution in [1.82, 2.24) is 0 Å². The van der Waals surface area contributed by atoms with Crippen molar-refractivity contribution in [3.8, 4) is 17.2 Å². The number of nitrogens with one attached hydrogen (secondary N) is 1. The van der Waals surface area contributed by atoms with E-state index in [0.29, 0.717) is 80.4 Å². The summed E-state index contributed by atoms with van der Waals surface area (Å²) in [6, 6.07) is 17.6. The molecule has 0 aliphatic heterocycles. The molecule has 0 saturated heterocycles. The fourth-order valence-electron chi connectivity index (χ4n) is 3.66. The number of esters is 3. The quantitative estimate of drug-likeness (QED) is 0.0656. The molecule has 11 heteroatoms. The zero-order chi connectivity index (χ0) is 32.4. The third-order valence-corrected chi connectivity index (χ3v) is 6.36. The lowest BCUT2D eigenvalue weighted by molar-refractivity contribution is -0.138. The summed E-state index contributed by atoms with van der Waals surface area (Å²) in [4.78, 5) is 47.4. The van der Waals surface area contributed by atoms with Crippen LogP contribution in [-0.2, 0) is 19.1 Å². The molecule has 244 valence electrons. The largest absolute Gasteiger partial charge is 0.494 e. The van der Waals surface area contributed by atoms with E-state index >= 15 is 0 Å². The molecule has 0 aliphatic carbocycles. The molecule has 0 aromatic heterocycles. The Bertz CT molecular complexity index is 1470. The Hall–Kier alpha value is -5.09. The molecule has 1 amide bonds. The molecule has 0 unspecified atom stereocenters. The molecule has 0 aliphatic rings. The molecule has 0 bridgehead atoms. The number of hydrogen-bond donors (Lipinski definition) is 1. The van der Waals surface area contributed by atoms with Gasteiger partial charge in [0.2, 0.25) is 0 Å². The van der Waals surface area contributed by atoms with Crippen molar-refractivity contribution in [3.05, 3.63) is 108 Å². The van der Waals surface area contributed by atoms with Gasteiger partial charge in [0.1, 0.15) is 17.2 Å². The van der Waals surface area contributed by atoms with E-state index in [1.807, 2.05) is 0 Å². The van der Waals surface area contributed by atoms with Gasteiger partial charge in [-0.1, -0.05) is 32.2 Å². The second-order valence-corrected chi connectivity index (χ2v) is 9.80. The van der Waals surface area contributed by atoms with E-state index in [2.05, 4.69) is 18.5 Å². The van der Waals surface area contributed by atoms with Crippen LogP contribution in [0.25, 0.3) is 0 Å². The van der Waals surface area contributed by atoms with Gasteiger partial charge in [-0.25, -0.2) is 14.4 Å². The maximum Gasteiger partial charge on any atom is 0.343 e. The zero-order valence-electron chi connectivity index (χ0n) is 24.6. The highest BCUT2D eigenvalue weighted by molar-refractivity contribution is 6.34. The van der Waals surface area contributed by atoms with Gasteiger partial charge in [0.15, 0.2) is 0 Å². The SMILES string of the molecule is C.C=CC(=O)OCCCCOc1ccc(C(=O)Nc2ccc(OC(=O)c3ccc(OCCCCOC(=O)C=C)cc3)cc2Cl)cc1. The molecule has 0 heterocycles. The Morgan fingerprint density at radius 3 is 1.59 bits per heavy atom. The van der Waals surface area contributed by atoms with Crippen molar-refractivity contribution < 1.29 is 42.9 Å². The minimum Gasteiger partial charge on any atom is -0.494 e. The van der Waals surface area contributed by atoms with Gasteiger partial charge in [0.25, 0.3) is 5.91 Å². The van der Waals surface area contributed by atoms with Crippen molar-refractivity contribution in [2.45, 2.75) is 33.1 Å². The first-order valence-corrected chi connectivity index (χ1v) is 14.5. The summed E-state index contributed by atoms with van der Waals surface area (Å²) in [6.45, 7) is 8.13. The summed E-state index contributed by atoms with van der Waals surface area (Å²) < 4.78 is 26.5. The standard InChI is InChI=1S/C34H34ClNO9.CH4/c1-3-31(37)43-21-7-5-19-41-26-13-9-24(10-14-26)33(39)36-30-18-17-28(23-29(30)35)45-34(40)25-11-15-27(16-12-25)42-20-6-8-22-44-32(38)4-2;/h3-4,9-18,23H,1-2,5-8,19-22H2,(H,36,39);1H4. The number of benzene rings is 3. The number of unbranched alkanes of at least 4 members (excludes halogenated alkanes) is 2. The molecule has 10 nitrogen and oxygen atoms in total. The highest BCUT2D eigenvalue weighted by atomic mass is 35.5. The number of halogens is 1. The first-order valence-electron chi connectivity index (χ1n) is 14.2. The topological polar surface area (TPSA) is 126 Å². The summed E-state index contributed by atoms with van der Waals surface area (Å²) in [6.07, 6.45) is 4.92. The molecule has 46 heavy (non-hydrogen) atoms. The van der Waals surface area contributed by atoms with Gasteiger partial charge in [-0.15, -0.1) is 0 Å². The van der Waals surface area contributed by atoms with Gasteiger partial charge in [0, 0.05) is 23.8 Å². The molecule has 3 aromatic carbocycles. The maximum absolute atomic E-state index is 12.7. The van der Waals surface area contributed by atoms with Gasteiger partial charge in [0.05, 0.1) is 42.7 Å². The molecular formula is C35H38ClNO9. The number of amides is 1. The van der Waals surface area contributed by atoms with Crippen LogP contribution in [0.3, 0.4) is 0 Å². The Balaban J connectivity index is 0.00000736. The highest BCUT2D eigenvalue weighted by Crippen LogP contribution is 2.28. The molecule has 3 aromatic rings. The normalized spacial score (nSPS) is 10.0. The number of hydrogen-bond acceptors (Lipinski definition) is 9. The summed E-state index contributed by atoms with van der Waals surface area (Å²) in [7, 11) is 0. The highest BCUT2D eigenvalue weighted by Gasteiger charge is 2.13. The summed E-state index contributed by atoms with van der Waals surface area (Å²) >= 11 is 6.35. The van der Waals surface area contributed by atoms with Gasteiger partial charge in [-0.2, -0.15) is 0 Å². The third-order valence-electron chi connectivity index (χ3n) is 6.04. The average molecular weight is 652 g/mol. The van der Waals surface area contributed by atoms with Crippen molar-refractivity contribution in [2.24, 2.45) is 0 Å². The van der Waals surface area contributed by atoms with E-state index < -0.39 is 17.9 Å². The zero-order valence-corrected chi connectivity index (χ0v) is 25.4. The minimum atomic E-state index is -0.586. The van der Waals surface area contributed by atoms with Crippen molar-refractivity contribution in [3.63, 3.8) is 0 Å². The number of rotatable bonds is 18. The first-order chi connectivity index (χ1) is 21.8. The molecule has 0 spiro atoms. The minimum absolute atomic E-state index is 0. The lowest BCUT2D eigenvalue weighted by Crippen LogP contribution is -2.12. The van der Waals surface area contributed by atoms with Crippen LogP contribution in [0.15, 0.2) is 92.0 Å². The monoisotopic (exact) mass is 651 g/mol. The van der Waals surface area contributed by atoms with Gasteiger partial charge >= 0.3 is 17.9 Å². The molecule has 1 N–H and O–H groups in total. The lowest BCUT2D eigenvalue weighted by atomic mass is 10.2. The van der Waals surface area contributed by atoms with Crippen LogP contribution >= 0.6 is 11.6 Å². The van der Waals surface area contributed by atoms with Crippen molar-refractivity contribution in [2.75, 3.05) is 31.7 Å². The molecule has 3 rings (SSSR count). The Labute approximate surface area is 273 Å². The van der Waals surface area contributed by atoms with Crippen LogP contribution in [0.5, 0.6) is 17.2 Å². The predicted octanol–water partition coefficient (Wildman–Crippen LogP) is 7.22. The van der Waals surface area contributed by atoms with E-state index in [0.717, 1.165) is 12.2 Å². The molecule has 0 fully saturated rings. The van der Waals surface area contributed by atoms with Crippen molar-refractivity contribution in [1.29, 1.82) is 0 Å². The van der Waals surface area contributed by atoms with E-state index in [9.17, 15) is 19.2 Å². The third kappa shape index (κ3) is 12.9. The van der Waals surface area contributed by atoms with Gasteiger partial charge in [-0.3, -0.25) is 4.79 Å². The van der Waals surface area contributed by atoms with Crippen molar-refractivity contribution >= 4 is 41.1 Å². The lowest BCUT2D eigenvalue weighted by Gasteiger charge is -2.11. The van der Waals surface area contributed by atoms with E-state index in [1.54, 1.807) is 54.6 Å². The Kier molecular flexibility index (Phi) is 16.2. The van der Waals surface area contributed by atoms with Crippen LogP contribution in [0, 0.1) is 0 Å². The smallest absolute Gasteiger partial charge is 0.343 e. The Morgan fingerprint density at radius 2 is 1.11 bits per heavy atom. The summed E-state index contributed by atoms with van der Waals surface area (Å²) in [5, 5.41) is 2.93. The molecule has 0 saturated carbocycles. The molecular weight excluding hydrogens is 614 g/mol. The van der Waals surface area contributed by atoms with E-state index in [1.165, 1.54) is 12.1 Å². The van der Waals surface area contributed by atoms with Crippen LogP contribution < -0.4 is 19.5 Å². The fourth-order valence-corrected chi connectivity index (χ4v) is 3.88. The van der Waals surface area contributed by atoms with Gasteiger partial charge in [-0.05, 0) is 86.3 Å². The van der Waals surface area contributed by atoms with E-state index in [4.69, 9.17) is 35.3 Å². The second kappa shape index (κ2) is 20.0. The molecule has 0 atom stereocenters. The van der Waals surface area contributed by atoms with Crippen LogP contribution in [0.1, 0.15) is 53.8 Å². The van der Waals surface area contributed by atoms with Crippen LogP contribution in [-0.4, -0.2) is 50.2 Å². The van der Waals surface area contributed by atoms with Gasteiger partial charge < -0.3 is 29.0 Å². The molecule has 0 radical (unpaired) electrons. The van der Waals surface area contributed by atoms with E-state index in [-0.39, 0.29) is 24.1 Å². The summed E-state index contributed by atoms with van der Waals surface area (Å²) in [5.74, 6) is -0.480. The fraction of sp³-hybridized carbons (Fsp3) is 0.257. The number of carbonyl (C=O) groups excluding carboxylic acids is 4. The summed E-state index contributed by atoms with van der Waals surface area (Å²) in [5.41, 5.74) is 1.06. The number of anilines is 1.